The lowest BCUT2D eigenvalue weighted by molar-refractivity contribution is -0.119. The summed E-state index contributed by atoms with van der Waals surface area (Å²) >= 11 is 1.39. The molecule has 2 unspecified atom stereocenters. The largest absolute Gasteiger partial charge is 0.497 e. The lowest BCUT2D eigenvalue weighted by Crippen LogP contribution is -2.61. The number of amides is 3. The molecule has 2 aliphatic rings. The third kappa shape index (κ3) is 4.01. The highest BCUT2D eigenvalue weighted by Crippen LogP contribution is 2.37. The molecule has 1 saturated heterocycles. The van der Waals surface area contributed by atoms with Gasteiger partial charge in [0.1, 0.15) is 23.3 Å². The van der Waals surface area contributed by atoms with Crippen molar-refractivity contribution in [2.24, 2.45) is 0 Å². The monoisotopic (exact) mass is 478 g/mol. The van der Waals surface area contributed by atoms with E-state index in [1.807, 2.05) is 42.7 Å². The number of benzene rings is 2. The van der Waals surface area contributed by atoms with Crippen LogP contribution in [0.15, 0.2) is 64.5 Å². The van der Waals surface area contributed by atoms with Gasteiger partial charge in [-0.1, -0.05) is 23.4 Å². The number of ether oxygens (including phenoxy) is 2. The number of aromatic nitrogens is 2. The number of methoxy groups -OCH3 is 1. The van der Waals surface area contributed by atoms with Gasteiger partial charge in [-0.25, -0.2) is 9.69 Å². The van der Waals surface area contributed by atoms with Crippen molar-refractivity contribution in [3.05, 3.63) is 65.9 Å². The SMILES string of the molecule is CCOc1cccc(-c2noc(CN3C(=O)N(c4ccc(OC)cc4)C(=O)C4SC=CC43)n2)c1. The summed E-state index contributed by atoms with van der Waals surface area (Å²) in [5.41, 5.74) is 1.22. The van der Waals surface area contributed by atoms with Gasteiger partial charge < -0.3 is 18.9 Å². The van der Waals surface area contributed by atoms with Crippen molar-refractivity contribution in [3.8, 4) is 22.9 Å². The van der Waals surface area contributed by atoms with E-state index in [1.165, 1.54) is 16.7 Å². The van der Waals surface area contributed by atoms with Crippen molar-refractivity contribution in [1.29, 1.82) is 0 Å². The van der Waals surface area contributed by atoms with Crippen LogP contribution in [0, 0.1) is 0 Å². The topological polar surface area (TPSA) is 98.0 Å². The van der Waals surface area contributed by atoms with Crippen LogP contribution in [0.3, 0.4) is 0 Å². The fourth-order valence-electron chi connectivity index (χ4n) is 3.96. The Morgan fingerprint density at radius 2 is 1.94 bits per heavy atom. The van der Waals surface area contributed by atoms with Crippen molar-refractivity contribution >= 4 is 29.4 Å². The van der Waals surface area contributed by atoms with Gasteiger partial charge in [0.05, 0.1) is 25.4 Å². The standard InChI is InChI=1S/C24H22N4O5S/c1-3-32-18-6-4-5-15(13-18)22-25-20(33-26-22)14-27-19-11-12-34-21(19)23(29)28(24(27)30)16-7-9-17(31-2)10-8-16/h4-13,19,21H,3,14H2,1-2H3. The Labute approximate surface area is 200 Å². The molecule has 3 aromatic rings. The molecule has 0 saturated carbocycles. The van der Waals surface area contributed by atoms with E-state index >= 15 is 0 Å². The summed E-state index contributed by atoms with van der Waals surface area (Å²) in [6.07, 6.45) is 1.86. The first kappa shape index (κ1) is 22.0. The van der Waals surface area contributed by atoms with Gasteiger partial charge in [-0.2, -0.15) is 4.98 Å². The highest BCUT2D eigenvalue weighted by molar-refractivity contribution is 8.03. The summed E-state index contributed by atoms with van der Waals surface area (Å²) in [7, 11) is 1.56. The number of anilines is 1. The molecule has 174 valence electrons. The van der Waals surface area contributed by atoms with Crippen LogP contribution in [0.25, 0.3) is 11.4 Å². The summed E-state index contributed by atoms with van der Waals surface area (Å²) in [6.45, 7) is 2.54. The number of imide groups is 1. The van der Waals surface area contributed by atoms with Crippen molar-refractivity contribution in [1.82, 2.24) is 15.0 Å². The van der Waals surface area contributed by atoms with Gasteiger partial charge in [-0.05, 0) is 48.7 Å². The van der Waals surface area contributed by atoms with Crippen LogP contribution in [0.1, 0.15) is 12.8 Å². The van der Waals surface area contributed by atoms with Crippen molar-refractivity contribution in [3.63, 3.8) is 0 Å². The maximum absolute atomic E-state index is 13.5. The zero-order valence-corrected chi connectivity index (χ0v) is 19.4. The number of carbonyl (C=O) groups is 2. The third-order valence-corrected chi connectivity index (χ3v) is 6.67. The van der Waals surface area contributed by atoms with E-state index in [9.17, 15) is 9.59 Å². The number of hydrogen-bond donors (Lipinski definition) is 0. The fraction of sp³-hybridized carbons (Fsp3) is 0.250. The zero-order valence-electron chi connectivity index (χ0n) is 18.6. The molecule has 1 fully saturated rings. The molecule has 2 aromatic carbocycles. The number of urea groups is 1. The molecule has 0 radical (unpaired) electrons. The average Bonchev–Trinajstić information content (AvgIpc) is 3.53. The molecule has 0 N–H and O–H groups in total. The van der Waals surface area contributed by atoms with Gasteiger partial charge in [0.2, 0.25) is 11.7 Å². The first-order valence-electron chi connectivity index (χ1n) is 10.8. The Bertz CT molecular complexity index is 1240. The Morgan fingerprint density at radius 1 is 1.12 bits per heavy atom. The normalized spacial score (nSPS) is 19.5. The number of hydrogen-bond acceptors (Lipinski definition) is 8. The number of nitrogens with zero attached hydrogens (tertiary/aromatic N) is 4. The summed E-state index contributed by atoms with van der Waals surface area (Å²) in [5.74, 6) is 1.77. The van der Waals surface area contributed by atoms with E-state index in [4.69, 9.17) is 14.0 Å². The van der Waals surface area contributed by atoms with Crippen LogP contribution in [-0.4, -0.2) is 52.0 Å². The first-order chi connectivity index (χ1) is 16.6. The summed E-state index contributed by atoms with van der Waals surface area (Å²) in [6, 6.07) is 13.4. The highest BCUT2D eigenvalue weighted by atomic mass is 32.2. The molecule has 2 aliphatic heterocycles. The maximum atomic E-state index is 13.5. The molecule has 34 heavy (non-hydrogen) atoms. The van der Waals surface area contributed by atoms with Crippen LogP contribution in [0.4, 0.5) is 10.5 Å². The van der Waals surface area contributed by atoms with Crippen LogP contribution in [0.2, 0.25) is 0 Å². The molecule has 0 aliphatic carbocycles. The number of thioether (sulfide) groups is 1. The molecule has 0 bridgehead atoms. The Morgan fingerprint density at radius 3 is 2.71 bits per heavy atom. The molecule has 5 rings (SSSR count). The second-order valence-electron chi connectivity index (χ2n) is 7.63. The lowest BCUT2D eigenvalue weighted by Gasteiger charge is -2.40. The van der Waals surface area contributed by atoms with Crippen LogP contribution < -0.4 is 14.4 Å². The quantitative estimate of drug-likeness (QED) is 0.500. The molecule has 3 heterocycles. The first-order valence-corrected chi connectivity index (χ1v) is 11.7. The zero-order chi connectivity index (χ0) is 23.7. The summed E-state index contributed by atoms with van der Waals surface area (Å²) < 4.78 is 16.2. The predicted molar refractivity (Wildman–Crippen MR) is 127 cm³/mol. The molecule has 2 atom stereocenters. The predicted octanol–water partition coefficient (Wildman–Crippen LogP) is 4.11. The van der Waals surface area contributed by atoms with Gasteiger partial charge in [0.15, 0.2) is 0 Å². The van der Waals surface area contributed by atoms with Gasteiger partial charge >= 0.3 is 6.03 Å². The van der Waals surface area contributed by atoms with E-state index in [-0.39, 0.29) is 18.3 Å². The molecule has 0 spiro atoms. The minimum Gasteiger partial charge on any atom is -0.497 e. The molecular weight excluding hydrogens is 456 g/mol. The van der Waals surface area contributed by atoms with Gasteiger partial charge in [-0.3, -0.25) is 4.79 Å². The van der Waals surface area contributed by atoms with Crippen LogP contribution in [0.5, 0.6) is 11.5 Å². The number of fused-ring (bicyclic) bond motifs is 1. The van der Waals surface area contributed by atoms with E-state index in [0.29, 0.717) is 29.6 Å². The van der Waals surface area contributed by atoms with Crippen molar-refractivity contribution in [2.45, 2.75) is 24.8 Å². The Kier molecular flexibility index (Phi) is 5.97. The summed E-state index contributed by atoms with van der Waals surface area (Å²) in [4.78, 5) is 33.9. The van der Waals surface area contributed by atoms with Crippen LogP contribution in [-0.2, 0) is 11.3 Å². The van der Waals surface area contributed by atoms with E-state index < -0.39 is 17.3 Å². The van der Waals surface area contributed by atoms with Gasteiger partial charge in [0, 0.05) is 5.56 Å². The van der Waals surface area contributed by atoms with Gasteiger partial charge in [0.25, 0.3) is 5.91 Å². The minimum atomic E-state index is -0.443. The highest BCUT2D eigenvalue weighted by Gasteiger charge is 2.48. The summed E-state index contributed by atoms with van der Waals surface area (Å²) in [5, 5.41) is 5.49. The number of rotatable bonds is 7. The molecule has 9 nitrogen and oxygen atoms in total. The second-order valence-corrected chi connectivity index (χ2v) is 8.68. The molecule has 1 aromatic heterocycles. The van der Waals surface area contributed by atoms with Crippen molar-refractivity contribution < 1.29 is 23.6 Å². The second kappa shape index (κ2) is 9.22. The maximum Gasteiger partial charge on any atom is 0.332 e. The lowest BCUT2D eigenvalue weighted by atomic mass is 10.1. The van der Waals surface area contributed by atoms with E-state index in [1.54, 1.807) is 36.3 Å². The molecular formula is C24H22N4O5S. The van der Waals surface area contributed by atoms with E-state index in [2.05, 4.69) is 10.1 Å². The fourth-order valence-corrected chi connectivity index (χ4v) is 5.00. The Balaban J connectivity index is 1.41. The number of carbonyl (C=O) groups excluding carboxylic acids is 2. The average molecular weight is 479 g/mol. The van der Waals surface area contributed by atoms with Crippen molar-refractivity contribution in [2.75, 3.05) is 18.6 Å². The smallest absolute Gasteiger partial charge is 0.332 e. The molecule has 3 amide bonds. The van der Waals surface area contributed by atoms with E-state index in [0.717, 1.165) is 5.56 Å². The van der Waals surface area contributed by atoms with Crippen LogP contribution >= 0.6 is 11.8 Å². The Hall–Kier alpha value is -3.79. The van der Waals surface area contributed by atoms with Gasteiger partial charge in [-0.15, -0.1) is 11.8 Å². The minimum absolute atomic E-state index is 0.0724. The molecule has 10 heteroatoms. The third-order valence-electron chi connectivity index (χ3n) is 5.58.